The van der Waals surface area contributed by atoms with E-state index in [4.69, 9.17) is 9.15 Å². The van der Waals surface area contributed by atoms with E-state index in [-0.39, 0.29) is 11.7 Å². The Labute approximate surface area is 153 Å². The molecule has 2 fully saturated rings. The second-order valence-corrected chi connectivity index (χ2v) is 7.85. The third kappa shape index (κ3) is 3.26. The maximum atomic E-state index is 11.9. The Bertz CT molecular complexity index is 859. The lowest BCUT2D eigenvalue weighted by Gasteiger charge is -2.35. The SMILES string of the molecule is CCCc1cc(=O)oc2cc(C)cc(O[C@@H]3C[C@@H]4CNC[C@@H]4C[C@H]3O)c12. The highest BCUT2D eigenvalue weighted by atomic mass is 16.5. The lowest BCUT2D eigenvalue weighted by molar-refractivity contribution is -0.0225. The van der Waals surface area contributed by atoms with Crippen molar-refractivity contribution in [3.05, 3.63) is 39.7 Å². The zero-order valence-electron chi connectivity index (χ0n) is 15.5. The van der Waals surface area contributed by atoms with Gasteiger partial charge in [0.1, 0.15) is 17.4 Å². The highest BCUT2D eigenvalue weighted by molar-refractivity contribution is 5.87. The summed E-state index contributed by atoms with van der Waals surface area (Å²) in [5.74, 6) is 1.83. The molecular weight excluding hydrogens is 330 g/mol. The minimum Gasteiger partial charge on any atom is -0.487 e. The van der Waals surface area contributed by atoms with Crippen LogP contribution in [-0.4, -0.2) is 30.4 Å². The first-order valence-corrected chi connectivity index (χ1v) is 9.68. The molecule has 2 aromatic rings. The molecule has 0 amide bonds. The molecule has 26 heavy (non-hydrogen) atoms. The zero-order chi connectivity index (χ0) is 18.3. The summed E-state index contributed by atoms with van der Waals surface area (Å²) >= 11 is 0. The number of aliphatic hydroxyl groups is 1. The Morgan fingerprint density at radius 2 is 2.00 bits per heavy atom. The van der Waals surface area contributed by atoms with E-state index in [1.54, 1.807) is 6.07 Å². The van der Waals surface area contributed by atoms with Gasteiger partial charge in [-0.3, -0.25) is 0 Å². The van der Waals surface area contributed by atoms with Crippen LogP contribution >= 0.6 is 0 Å². The quantitative estimate of drug-likeness (QED) is 0.824. The molecule has 4 atom stereocenters. The van der Waals surface area contributed by atoms with Gasteiger partial charge in [-0.2, -0.15) is 0 Å². The lowest BCUT2D eigenvalue weighted by atomic mass is 9.78. The molecule has 0 radical (unpaired) electrons. The number of rotatable bonds is 4. The van der Waals surface area contributed by atoms with Crippen LogP contribution in [0.3, 0.4) is 0 Å². The van der Waals surface area contributed by atoms with Crippen LogP contribution in [0.4, 0.5) is 0 Å². The largest absolute Gasteiger partial charge is 0.487 e. The van der Waals surface area contributed by atoms with Gasteiger partial charge in [0, 0.05) is 6.07 Å². The van der Waals surface area contributed by atoms with E-state index < -0.39 is 6.10 Å². The number of aliphatic hydroxyl groups excluding tert-OH is 1. The summed E-state index contributed by atoms with van der Waals surface area (Å²) < 4.78 is 11.8. The number of aryl methyl sites for hydroxylation is 2. The van der Waals surface area contributed by atoms with Gasteiger partial charge in [-0.05, 0) is 74.4 Å². The van der Waals surface area contributed by atoms with Crippen molar-refractivity contribution in [3.63, 3.8) is 0 Å². The van der Waals surface area contributed by atoms with Crippen molar-refractivity contribution in [2.75, 3.05) is 13.1 Å². The normalized spacial score (nSPS) is 28.3. The Kier molecular flexibility index (Phi) is 4.76. The molecule has 1 aromatic heterocycles. The van der Waals surface area contributed by atoms with Gasteiger partial charge in [-0.15, -0.1) is 0 Å². The van der Waals surface area contributed by atoms with Gasteiger partial charge in [0.05, 0.1) is 11.5 Å². The van der Waals surface area contributed by atoms with Gasteiger partial charge in [0.15, 0.2) is 0 Å². The molecule has 1 aliphatic heterocycles. The zero-order valence-corrected chi connectivity index (χ0v) is 15.5. The highest BCUT2D eigenvalue weighted by Gasteiger charge is 2.40. The van der Waals surface area contributed by atoms with Gasteiger partial charge in [0.25, 0.3) is 0 Å². The predicted molar refractivity (Wildman–Crippen MR) is 101 cm³/mol. The molecule has 1 aromatic carbocycles. The first-order valence-electron chi connectivity index (χ1n) is 9.68. The van der Waals surface area contributed by atoms with Crippen LogP contribution in [0.1, 0.15) is 37.3 Å². The molecule has 2 aliphatic rings. The van der Waals surface area contributed by atoms with Crippen molar-refractivity contribution in [2.45, 2.75) is 51.7 Å². The molecule has 5 heteroatoms. The standard InChI is InChI=1S/C21H27NO4/c1-3-4-13-9-20(24)26-19-6-12(2)5-18(21(13)19)25-17-8-15-11-22-10-14(15)7-16(17)23/h5-6,9,14-17,22-23H,3-4,7-8,10-11H2,1-2H3/t14-,15+,16+,17+/m0/s1. The van der Waals surface area contributed by atoms with Crippen LogP contribution in [0.2, 0.25) is 0 Å². The monoisotopic (exact) mass is 357 g/mol. The van der Waals surface area contributed by atoms with Crippen LogP contribution in [-0.2, 0) is 6.42 Å². The Morgan fingerprint density at radius 3 is 2.77 bits per heavy atom. The summed E-state index contributed by atoms with van der Waals surface area (Å²) in [6.07, 6.45) is 2.69. The molecule has 0 bridgehead atoms. The maximum absolute atomic E-state index is 11.9. The summed E-state index contributed by atoms with van der Waals surface area (Å²) in [5.41, 5.74) is 2.19. The Hall–Kier alpha value is -1.85. The van der Waals surface area contributed by atoms with Gasteiger partial charge in [0.2, 0.25) is 0 Å². The molecule has 2 heterocycles. The van der Waals surface area contributed by atoms with Crippen molar-refractivity contribution in [1.82, 2.24) is 5.32 Å². The van der Waals surface area contributed by atoms with Crippen LogP contribution in [0.25, 0.3) is 11.0 Å². The highest BCUT2D eigenvalue weighted by Crippen LogP contribution is 2.37. The molecule has 0 unspecified atom stereocenters. The molecule has 0 spiro atoms. The lowest BCUT2D eigenvalue weighted by Crippen LogP contribution is -2.42. The summed E-state index contributed by atoms with van der Waals surface area (Å²) in [6, 6.07) is 5.45. The number of hydrogen-bond acceptors (Lipinski definition) is 5. The van der Waals surface area contributed by atoms with Gasteiger partial charge in [-0.25, -0.2) is 4.79 Å². The van der Waals surface area contributed by atoms with E-state index in [2.05, 4.69) is 12.2 Å². The summed E-state index contributed by atoms with van der Waals surface area (Å²) in [6.45, 7) is 6.05. The second kappa shape index (κ2) is 7.05. The van der Waals surface area contributed by atoms with Gasteiger partial charge in [-0.1, -0.05) is 13.3 Å². The van der Waals surface area contributed by atoms with Gasteiger partial charge < -0.3 is 19.6 Å². The number of hydrogen-bond donors (Lipinski definition) is 2. The molecule has 2 N–H and O–H groups in total. The molecule has 1 saturated carbocycles. The third-order valence-corrected chi connectivity index (χ3v) is 5.82. The minimum absolute atomic E-state index is 0.220. The molecule has 5 nitrogen and oxygen atoms in total. The van der Waals surface area contributed by atoms with E-state index in [0.29, 0.717) is 17.4 Å². The fourth-order valence-corrected chi connectivity index (χ4v) is 4.58. The molecule has 1 saturated heterocycles. The summed E-state index contributed by atoms with van der Waals surface area (Å²) in [4.78, 5) is 11.9. The van der Waals surface area contributed by atoms with Crippen molar-refractivity contribution in [1.29, 1.82) is 0 Å². The van der Waals surface area contributed by atoms with E-state index >= 15 is 0 Å². The smallest absolute Gasteiger partial charge is 0.336 e. The van der Waals surface area contributed by atoms with Crippen molar-refractivity contribution in [2.24, 2.45) is 11.8 Å². The van der Waals surface area contributed by atoms with Crippen molar-refractivity contribution < 1.29 is 14.3 Å². The molecule has 140 valence electrons. The Morgan fingerprint density at radius 1 is 1.23 bits per heavy atom. The van der Waals surface area contributed by atoms with E-state index in [0.717, 1.165) is 61.0 Å². The minimum atomic E-state index is -0.461. The predicted octanol–water partition coefficient (Wildman–Crippen LogP) is 2.79. The summed E-state index contributed by atoms with van der Waals surface area (Å²) in [5, 5.41) is 14.9. The van der Waals surface area contributed by atoms with Crippen LogP contribution in [0, 0.1) is 18.8 Å². The van der Waals surface area contributed by atoms with E-state index in [1.165, 1.54) is 0 Å². The van der Waals surface area contributed by atoms with Crippen molar-refractivity contribution in [3.8, 4) is 5.75 Å². The maximum Gasteiger partial charge on any atom is 0.336 e. The molecule has 1 aliphatic carbocycles. The average Bonchev–Trinajstić information content (AvgIpc) is 3.01. The fourth-order valence-electron chi connectivity index (χ4n) is 4.58. The number of benzene rings is 1. The van der Waals surface area contributed by atoms with Crippen LogP contribution < -0.4 is 15.7 Å². The second-order valence-electron chi connectivity index (χ2n) is 7.85. The number of nitrogens with one attached hydrogen (secondary N) is 1. The van der Waals surface area contributed by atoms with Gasteiger partial charge >= 0.3 is 5.63 Å². The number of ether oxygens (including phenoxy) is 1. The topological polar surface area (TPSA) is 71.7 Å². The Balaban J connectivity index is 1.72. The number of fused-ring (bicyclic) bond motifs is 2. The third-order valence-electron chi connectivity index (χ3n) is 5.82. The molecule has 4 rings (SSSR count). The van der Waals surface area contributed by atoms with Crippen molar-refractivity contribution >= 4 is 11.0 Å². The average molecular weight is 357 g/mol. The first-order chi connectivity index (χ1) is 12.5. The molecular formula is C21H27NO4. The van der Waals surface area contributed by atoms with Crippen LogP contribution in [0.5, 0.6) is 5.75 Å². The van der Waals surface area contributed by atoms with E-state index in [1.807, 2.05) is 19.1 Å². The first kappa shape index (κ1) is 17.6. The fraction of sp³-hybridized carbons (Fsp3) is 0.571. The summed E-state index contributed by atoms with van der Waals surface area (Å²) in [7, 11) is 0. The van der Waals surface area contributed by atoms with E-state index in [9.17, 15) is 9.90 Å². The van der Waals surface area contributed by atoms with Crippen LogP contribution in [0.15, 0.2) is 27.4 Å².